The molecule has 0 aliphatic rings. The maximum atomic E-state index is 4.22. The van der Waals surface area contributed by atoms with Crippen LogP contribution in [-0.4, -0.2) is 12.5 Å². The Kier molecular flexibility index (Phi) is 6.40. The maximum Gasteiger partial charge on any atom is 0.139 e. The molecule has 0 amide bonds. The zero-order valence-electron chi connectivity index (χ0n) is 7.43. The van der Waals surface area contributed by atoms with Gasteiger partial charge in [0.05, 0.1) is 0 Å². The van der Waals surface area contributed by atoms with Crippen molar-refractivity contribution in [3.8, 4) is 0 Å². The monoisotopic (exact) mass is 158 g/mol. The fourth-order valence-corrected chi connectivity index (χ4v) is 1.64. The summed E-state index contributed by atoms with van der Waals surface area (Å²) in [6.07, 6.45) is 3.96. The van der Waals surface area contributed by atoms with Gasteiger partial charge in [0.1, 0.15) is 6.71 Å². The third-order valence-electron chi connectivity index (χ3n) is 2.30. The summed E-state index contributed by atoms with van der Waals surface area (Å²) in [4.78, 5) is 0. The average molecular weight is 158 g/mol. The summed E-state index contributed by atoms with van der Waals surface area (Å²) in [5.41, 5.74) is 0. The lowest BCUT2D eigenvalue weighted by Gasteiger charge is -2.14. The normalized spacial score (nSPS) is 13.2. The highest BCUT2D eigenvalue weighted by molar-refractivity contribution is 7.80. The Morgan fingerprint density at radius 1 is 1.50 bits per heavy atom. The molecule has 0 radical (unpaired) electrons. The van der Waals surface area contributed by atoms with Crippen molar-refractivity contribution in [2.24, 2.45) is 0 Å². The summed E-state index contributed by atoms with van der Waals surface area (Å²) < 4.78 is 0. The highest BCUT2D eigenvalue weighted by Crippen LogP contribution is 2.18. The van der Waals surface area contributed by atoms with E-state index in [1.54, 1.807) is 0 Å². The van der Waals surface area contributed by atoms with Crippen molar-refractivity contribution in [3.63, 3.8) is 0 Å². The minimum Gasteiger partial charge on any atom is -0.179 e. The Bertz CT molecular complexity index is 65.7. The highest BCUT2D eigenvalue weighted by atomic mass is 32.1. The van der Waals surface area contributed by atoms with Gasteiger partial charge in [-0.3, -0.25) is 0 Å². The minimum atomic E-state index is 0.859. The summed E-state index contributed by atoms with van der Waals surface area (Å²) in [5.74, 6) is 1.90. The van der Waals surface area contributed by atoms with Crippen LogP contribution in [0, 0.1) is 0 Å². The molecule has 0 aromatic rings. The average Bonchev–Trinajstić information content (AvgIpc) is 1.89. The first-order chi connectivity index (χ1) is 4.72. The summed E-state index contributed by atoms with van der Waals surface area (Å²) in [6, 6.07) is 0. The number of rotatable bonds is 5. The molecular weight excluding hydrogens is 139 g/mol. The Morgan fingerprint density at radius 3 is 2.50 bits per heavy atom. The second-order valence-corrected chi connectivity index (χ2v) is 3.70. The molecule has 0 saturated carbocycles. The molecule has 2 heteroatoms. The van der Waals surface area contributed by atoms with Gasteiger partial charge in [0.15, 0.2) is 0 Å². The molecule has 1 unspecified atom stereocenters. The third kappa shape index (κ3) is 4.27. The van der Waals surface area contributed by atoms with Gasteiger partial charge in [0.2, 0.25) is 0 Å². The van der Waals surface area contributed by atoms with Crippen molar-refractivity contribution < 1.29 is 0 Å². The summed E-state index contributed by atoms with van der Waals surface area (Å²) >= 11 is 4.22. The van der Waals surface area contributed by atoms with E-state index in [-0.39, 0.29) is 0 Å². The summed E-state index contributed by atoms with van der Waals surface area (Å²) in [7, 11) is 0. The van der Waals surface area contributed by atoms with Crippen LogP contribution >= 0.6 is 12.6 Å². The molecule has 0 fully saturated rings. The third-order valence-corrected chi connectivity index (χ3v) is 2.56. The van der Waals surface area contributed by atoms with Crippen LogP contribution in [0.25, 0.3) is 0 Å². The van der Waals surface area contributed by atoms with E-state index >= 15 is 0 Å². The van der Waals surface area contributed by atoms with Crippen LogP contribution in [0.15, 0.2) is 0 Å². The Morgan fingerprint density at radius 2 is 2.10 bits per heavy atom. The molecule has 0 aromatic heterocycles. The van der Waals surface area contributed by atoms with Gasteiger partial charge >= 0.3 is 0 Å². The first kappa shape index (κ1) is 10.4. The van der Waals surface area contributed by atoms with Gasteiger partial charge in [0, 0.05) is 0 Å². The zero-order chi connectivity index (χ0) is 7.98. The minimum absolute atomic E-state index is 0.859. The van der Waals surface area contributed by atoms with Crippen LogP contribution in [0.3, 0.4) is 0 Å². The number of hydrogen-bond acceptors (Lipinski definition) is 1. The second kappa shape index (κ2) is 6.15. The fourth-order valence-electron chi connectivity index (χ4n) is 1.23. The van der Waals surface area contributed by atoms with Gasteiger partial charge in [-0.25, -0.2) is 0 Å². The van der Waals surface area contributed by atoms with Crippen molar-refractivity contribution in [1.82, 2.24) is 0 Å². The lowest BCUT2D eigenvalue weighted by molar-refractivity contribution is 0.853. The van der Waals surface area contributed by atoms with Gasteiger partial charge in [-0.15, -0.1) is 0 Å². The van der Waals surface area contributed by atoms with Crippen LogP contribution < -0.4 is 0 Å². The van der Waals surface area contributed by atoms with E-state index in [1.807, 2.05) is 0 Å². The number of thiol groups is 1. The predicted octanol–water partition coefficient (Wildman–Crippen LogP) is 3.23. The molecule has 0 saturated heterocycles. The molecule has 10 heavy (non-hydrogen) atoms. The Labute approximate surface area is 71.3 Å². The fraction of sp³-hybridized carbons (Fsp3) is 1.00. The Hall–Kier alpha value is 0.415. The molecule has 0 nitrogen and oxygen atoms in total. The van der Waals surface area contributed by atoms with E-state index in [0.717, 1.165) is 18.3 Å². The largest absolute Gasteiger partial charge is 0.179 e. The second-order valence-electron chi connectivity index (χ2n) is 3.26. The van der Waals surface area contributed by atoms with Gasteiger partial charge in [-0.1, -0.05) is 39.2 Å². The maximum absolute atomic E-state index is 4.22. The number of hydrogen-bond donors (Lipinski definition) is 1. The lowest BCUT2D eigenvalue weighted by atomic mass is 9.40. The Balaban J connectivity index is 3.38. The predicted molar refractivity (Wildman–Crippen MR) is 54.6 cm³/mol. The van der Waals surface area contributed by atoms with E-state index in [9.17, 15) is 0 Å². The first-order valence-corrected chi connectivity index (χ1v) is 4.96. The van der Waals surface area contributed by atoms with E-state index < -0.39 is 0 Å². The molecule has 0 spiro atoms. The van der Waals surface area contributed by atoms with Crippen molar-refractivity contribution in [3.05, 3.63) is 0 Å². The van der Waals surface area contributed by atoms with Crippen LogP contribution in [0.5, 0.6) is 0 Å². The quantitative estimate of drug-likeness (QED) is 0.460. The molecule has 0 aliphatic heterocycles. The van der Waals surface area contributed by atoms with Crippen molar-refractivity contribution in [1.29, 1.82) is 0 Å². The van der Waals surface area contributed by atoms with Crippen LogP contribution in [0.2, 0.25) is 19.0 Å². The smallest absolute Gasteiger partial charge is 0.139 e. The highest BCUT2D eigenvalue weighted by Gasteiger charge is 2.13. The molecular formula is C8H19BS. The molecule has 0 aromatic carbocycles. The van der Waals surface area contributed by atoms with Gasteiger partial charge in [-0.2, -0.15) is 12.6 Å². The summed E-state index contributed by atoms with van der Waals surface area (Å²) in [5, 5.41) is 0. The van der Waals surface area contributed by atoms with Crippen molar-refractivity contribution in [2.45, 2.75) is 45.6 Å². The van der Waals surface area contributed by atoms with E-state index in [2.05, 4.69) is 33.3 Å². The van der Waals surface area contributed by atoms with E-state index in [1.165, 1.54) is 19.2 Å². The van der Waals surface area contributed by atoms with Crippen molar-refractivity contribution >= 4 is 19.3 Å². The van der Waals surface area contributed by atoms with Gasteiger partial charge in [0.25, 0.3) is 0 Å². The van der Waals surface area contributed by atoms with E-state index in [4.69, 9.17) is 0 Å². The molecule has 60 valence electrons. The SMILES string of the molecule is CCCB(C)C(C)CCS. The van der Waals surface area contributed by atoms with Crippen LogP contribution in [-0.2, 0) is 0 Å². The van der Waals surface area contributed by atoms with Gasteiger partial charge in [-0.05, 0) is 12.2 Å². The topological polar surface area (TPSA) is 0 Å². The van der Waals surface area contributed by atoms with Crippen LogP contribution in [0.1, 0.15) is 26.7 Å². The molecule has 1 atom stereocenters. The standard InChI is InChI=1S/C8H19BS/c1-4-6-9(3)8(2)5-7-10/h8,10H,4-7H2,1-3H3. The van der Waals surface area contributed by atoms with Gasteiger partial charge < -0.3 is 0 Å². The molecule has 0 heterocycles. The summed E-state index contributed by atoms with van der Waals surface area (Å²) in [6.45, 7) is 7.81. The molecule has 0 N–H and O–H groups in total. The van der Waals surface area contributed by atoms with E-state index in [0.29, 0.717) is 0 Å². The van der Waals surface area contributed by atoms with Crippen molar-refractivity contribution in [2.75, 3.05) is 5.75 Å². The zero-order valence-corrected chi connectivity index (χ0v) is 8.32. The molecule has 0 rings (SSSR count). The lowest BCUT2D eigenvalue weighted by Crippen LogP contribution is -2.13. The molecule has 0 aliphatic carbocycles. The first-order valence-electron chi connectivity index (χ1n) is 4.33. The van der Waals surface area contributed by atoms with Crippen LogP contribution in [0.4, 0.5) is 0 Å². The molecule has 0 bridgehead atoms.